The second-order valence-corrected chi connectivity index (χ2v) is 5.26. The fourth-order valence-corrected chi connectivity index (χ4v) is 2.77. The summed E-state index contributed by atoms with van der Waals surface area (Å²) in [6.45, 7) is 1.81. The molecule has 5 heteroatoms. The SMILES string of the molecule is COc1c(C(F)F)ccc(C)c1C(CC(=O)O)C1CC1. The van der Waals surface area contributed by atoms with Gasteiger partial charge in [-0.15, -0.1) is 0 Å². The Morgan fingerprint density at radius 3 is 2.55 bits per heavy atom. The van der Waals surface area contributed by atoms with Gasteiger partial charge in [-0.1, -0.05) is 6.07 Å². The number of carboxylic acids is 1. The number of alkyl halides is 2. The summed E-state index contributed by atoms with van der Waals surface area (Å²) < 4.78 is 31.3. The standard InChI is InChI=1S/C15H18F2O3/c1-8-3-6-10(15(16)17)14(20-2)13(8)11(7-12(18)19)9-4-5-9/h3,6,9,11,15H,4-5,7H2,1-2H3,(H,18,19). The largest absolute Gasteiger partial charge is 0.496 e. The second-order valence-electron chi connectivity index (χ2n) is 5.26. The number of carbonyl (C=O) groups is 1. The Balaban J connectivity index is 2.51. The molecular weight excluding hydrogens is 266 g/mol. The number of ether oxygens (including phenoxy) is 1. The lowest BCUT2D eigenvalue weighted by Crippen LogP contribution is -2.12. The maximum absolute atomic E-state index is 13.1. The molecule has 0 spiro atoms. The summed E-state index contributed by atoms with van der Waals surface area (Å²) in [5.74, 6) is -0.753. The van der Waals surface area contributed by atoms with E-state index in [0.29, 0.717) is 5.56 Å². The first-order valence-electron chi connectivity index (χ1n) is 6.63. The van der Waals surface area contributed by atoms with Crippen molar-refractivity contribution in [2.75, 3.05) is 7.11 Å². The second kappa shape index (κ2) is 5.77. The van der Waals surface area contributed by atoms with Crippen molar-refractivity contribution < 1.29 is 23.4 Å². The zero-order chi connectivity index (χ0) is 14.9. The van der Waals surface area contributed by atoms with Crippen molar-refractivity contribution in [1.82, 2.24) is 0 Å². The number of hydrogen-bond acceptors (Lipinski definition) is 2. The highest BCUT2D eigenvalue weighted by molar-refractivity contribution is 5.69. The van der Waals surface area contributed by atoms with Gasteiger partial charge >= 0.3 is 5.97 Å². The van der Waals surface area contributed by atoms with Crippen LogP contribution in [0.25, 0.3) is 0 Å². The van der Waals surface area contributed by atoms with Crippen LogP contribution < -0.4 is 4.74 Å². The van der Waals surface area contributed by atoms with Crippen LogP contribution >= 0.6 is 0 Å². The molecule has 110 valence electrons. The number of carboxylic acid groups (broad SMARTS) is 1. The van der Waals surface area contributed by atoms with Gasteiger partial charge in [0.15, 0.2) is 0 Å². The quantitative estimate of drug-likeness (QED) is 0.861. The van der Waals surface area contributed by atoms with E-state index in [9.17, 15) is 13.6 Å². The van der Waals surface area contributed by atoms with Crippen molar-refractivity contribution in [3.63, 3.8) is 0 Å². The number of aryl methyl sites for hydroxylation is 1. The summed E-state index contributed by atoms with van der Waals surface area (Å²) in [7, 11) is 1.36. The minimum atomic E-state index is -2.63. The fourth-order valence-electron chi connectivity index (χ4n) is 2.77. The maximum atomic E-state index is 13.1. The molecule has 0 radical (unpaired) electrons. The van der Waals surface area contributed by atoms with Gasteiger partial charge < -0.3 is 9.84 Å². The Hall–Kier alpha value is -1.65. The third kappa shape index (κ3) is 2.92. The monoisotopic (exact) mass is 284 g/mol. The van der Waals surface area contributed by atoms with Gasteiger partial charge in [-0.2, -0.15) is 0 Å². The van der Waals surface area contributed by atoms with Gasteiger partial charge in [0.25, 0.3) is 6.43 Å². The van der Waals surface area contributed by atoms with Crippen LogP contribution in [0.4, 0.5) is 8.78 Å². The van der Waals surface area contributed by atoms with Crippen LogP contribution in [-0.4, -0.2) is 18.2 Å². The van der Waals surface area contributed by atoms with Gasteiger partial charge in [-0.25, -0.2) is 8.78 Å². The van der Waals surface area contributed by atoms with Crippen molar-refractivity contribution in [2.24, 2.45) is 5.92 Å². The summed E-state index contributed by atoms with van der Waals surface area (Å²) in [5, 5.41) is 9.07. The molecule has 0 aliphatic heterocycles. The van der Waals surface area contributed by atoms with E-state index in [4.69, 9.17) is 9.84 Å². The number of hydrogen-bond donors (Lipinski definition) is 1. The number of aliphatic carboxylic acids is 1. The molecule has 1 aromatic carbocycles. The minimum Gasteiger partial charge on any atom is -0.496 e. The van der Waals surface area contributed by atoms with Gasteiger partial charge in [0.05, 0.1) is 19.1 Å². The van der Waals surface area contributed by atoms with Crippen LogP contribution in [-0.2, 0) is 4.79 Å². The third-order valence-electron chi connectivity index (χ3n) is 3.84. The molecule has 0 amide bonds. The lowest BCUT2D eigenvalue weighted by Gasteiger charge is -2.22. The molecule has 0 aromatic heterocycles. The van der Waals surface area contributed by atoms with Crippen molar-refractivity contribution in [3.8, 4) is 5.75 Å². The van der Waals surface area contributed by atoms with E-state index in [2.05, 4.69) is 0 Å². The average Bonchev–Trinajstić information content (AvgIpc) is 3.19. The molecule has 1 saturated carbocycles. The summed E-state index contributed by atoms with van der Waals surface area (Å²) in [6, 6.07) is 2.98. The van der Waals surface area contributed by atoms with Crippen molar-refractivity contribution in [1.29, 1.82) is 0 Å². The molecule has 2 rings (SSSR count). The molecule has 1 N–H and O–H groups in total. The zero-order valence-corrected chi connectivity index (χ0v) is 11.5. The molecule has 0 heterocycles. The van der Waals surface area contributed by atoms with Gasteiger partial charge in [0.1, 0.15) is 5.75 Å². The van der Waals surface area contributed by atoms with E-state index in [1.807, 2.05) is 6.92 Å². The molecule has 0 bridgehead atoms. The molecule has 3 nitrogen and oxygen atoms in total. The van der Waals surface area contributed by atoms with E-state index in [0.717, 1.165) is 18.4 Å². The van der Waals surface area contributed by atoms with Crippen LogP contribution in [0.5, 0.6) is 5.75 Å². The van der Waals surface area contributed by atoms with Crippen molar-refractivity contribution in [3.05, 3.63) is 28.8 Å². The van der Waals surface area contributed by atoms with Crippen LogP contribution in [0.1, 0.15) is 48.3 Å². The molecule has 20 heavy (non-hydrogen) atoms. The summed E-state index contributed by atoms with van der Waals surface area (Å²) in [4.78, 5) is 11.1. The number of rotatable bonds is 6. The summed E-state index contributed by atoms with van der Waals surface area (Å²) in [6.07, 6.45) is -0.790. The predicted octanol–water partition coefficient (Wildman–Crippen LogP) is 3.91. The van der Waals surface area contributed by atoms with Crippen LogP contribution in [0.2, 0.25) is 0 Å². The van der Waals surface area contributed by atoms with Crippen LogP contribution in [0, 0.1) is 12.8 Å². The highest BCUT2D eigenvalue weighted by Gasteiger charge is 2.37. The van der Waals surface area contributed by atoms with Gasteiger partial charge in [-0.05, 0) is 37.3 Å². The molecule has 1 fully saturated rings. The highest BCUT2D eigenvalue weighted by atomic mass is 19.3. The smallest absolute Gasteiger partial charge is 0.303 e. The fraction of sp³-hybridized carbons (Fsp3) is 0.533. The predicted molar refractivity (Wildman–Crippen MR) is 70.4 cm³/mol. The Morgan fingerprint density at radius 2 is 2.10 bits per heavy atom. The molecule has 1 unspecified atom stereocenters. The van der Waals surface area contributed by atoms with Gasteiger partial charge in [-0.3, -0.25) is 4.79 Å². The normalized spacial score (nSPS) is 16.2. The maximum Gasteiger partial charge on any atom is 0.303 e. The van der Waals surface area contributed by atoms with Crippen LogP contribution in [0.15, 0.2) is 12.1 Å². The first kappa shape index (κ1) is 14.8. The minimum absolute atomic E-state index is 0.0471. The molecule has 1 atom stereocenters. The van der Waals surface area contributed by atoms with E-state index < -0.39 is 12.4 Å². The summed E-state index contributed by atoms with van der Waals surface area (Å²) in [5.41, 5.74) is 1.28. The van der Waals surface area contributed by atoms with E-state index >= 15 is 0 Å². The molecule has 1 aliphatic carbocycles. The molecular formula is C15H18F2O3. The Kier molecular flexibility index (Phi) is 4.26. The summed E-state index contributed by atoms with van der Waals surface area (Å²) >= 11 is 0. The van der Waals surface area contributed by atoms with E-state index in [1.165, 1.54) is 13.2 Å². The molecule has 0 saturated heterocycles. The number of benzene rings is 1. The number of methoxy groups -OCH3 is 1. The Morgan fingerprint density at radius 1 is 1.45 bits per heavy atom. The first-order valence-corrected chi connectivity index (χ1v) is 6.63. The van der Waals surface area contributed by atoms with Crippen LogP contribution in [0.3, 0.4) is 0 Å². The van der Waals surface area contributed by atoms with Gasteiger partial charge in [0.2, 0.25) is 0 Å². The van der Waals surface area contributed by atoms with Gasteiger partial charge in [0, 0.05) is 11.5 Å². The zero-order valence-electron chi connectivity index (χ0n) is 11.5. The topological polar surface area (TPSA) is 46.5 Å². The number of halogens is 2. The Labute approximate surface area is 116 Å². The third-order valence-corrected chi connectivity index (χ3v) is 3.84. The van der Waals surface area contributed by atoms with Crippen molar-refractivity contribution >= 4 is 5.97 Å². The lowest BCUT2D eigenvalue weighted by atomic mass is 9.86. The highest BCUT2D eigenvalue weighted by Crippen LogP contribution is 2.49. The van der Waals surface area contributed by atoms with E-state index in [-0.39, 0.29) is 29.6 Å². The lowest BCUT2D eigenvalue weighted by molar-refractivity contribution is -0.137. The average molecular weight is 284 g/mol. The molecule has 1 aromatic rings. The molecule has 1 aliphatic rings. The Bertz CT molecular complexity index is 510. The van der Waals surface area contributed by atoms with E-state index in [1.54, 1.807) is 6.07 Å². The van der Waals surface area contributed by atoms with Crippen molar-refractivity contribution in [2.45, 2.75) is 38.5 Å². The first-order chi connectivity index (χ1) is 9.45.